The molecule has 0 atom stereocenters. The van der Waals surface area contributed by atoms with Crippen molar-refractivity contribution >= 4 is 131 Å². The van der Waals surface area contributed by atoms with Crippen LogP contribution < -0.4 is 0 Å². The molecule has 0 spiro atoms. The summed E-state index contributed by atoms with van der Waals surface area (Å²) < 4.78 is 14.0. The molecule has 88 heavy (non-hydrogen) atoms. The monoisotopic (exact) mass is 1120 g/mol. The first-order valence-electron chi connectivity index (χ1n) is 29.7. The van der Waals surface area contributed by atoms with E-state index in [-0.39, 0.29) is 0 Å². The van der Waals surface area contributed by atoms with Crippen LogP contribution in [0.1, 0.15) is 11.1 Å². The van der Waals surface area contributed by atoms with Gasteiger partial charge in [-0.05, 0) is 84.9 Å². The molecule has 406 valence electrons. The molecule has 0 saturated heterocycles. The zero-order valence-electron chi connectivity index (χ0n) is 47.1. The minimum absolute atomic E-state index is 0.347. The molecular formula is C80H46N8. The van der Waals surface area contributed by atoms with Crippen LogP contribution in [-0.2, 0) is 0 Å². The topological polar surface area (TPSA) is 77.2 Å². The third kappa shape index (κ3) is 6.24. The van der Waals surface area contributed by atoms with Crippen LogP contribution in [-0.4, -0.2) is 27.4 Å². The van der Waals surface area contributed by atoms with Gasteiger partial charge in [0.25, 0.3) is 0 Å². The van der Waals surface area contributed by atoms with E-state index in [9.17, 15) is 10.5 Å². The van der Waals surface area contributed by atoms with Crippen LogP contribution in [0.2, 0.25) is 0 Å². The lowest BCUT2D eigenvalue weighted by atomic mass is 9.98. The SMILES string of the molecule is N#Cc1c(-n2c3ccccc3c3ccccc32)c(-n2c3ccccc3c3c2ccc2c4ccccc4n(-c4ccccc4)c23)c(-n2c3ccccc3c3ccccc32)c(C#N)c1-n1c2ccccc2c2c1ccc1c3ccccc3n(-c3ccccc3)c12. The van der Waals surface area contributed by atoms with Gasteiger partial charge in [0.05, 0.1) is 88.9 Å². The fraction of sp³-hybridized carbons (Fsp3) is 0. The number of nitrogens with zero attached hydrogens (tertiary/aromatic N) is 8. The molecule has 0 unspecified atom stereocenters. The molecule has 8 nitrogen and oxygen atoms in total. The fourth-order valence-electron chi connectivity index (χ4n) is 15.3. The average Bonchev–Trinajstić information content (AvgIpc) is 1.73. The van der Waals surface area contributed by atoms with Crippen LogP contribution in [0.5, 0.6) is 0 Å². The maximum absolute atomic E-state index is 13.0. The van der Waals surface area contributed by atoms with E-state index in [0.29, 0.717) is 33.9 Å². The second-order valence-electron chi connectivity index (χ2n) is 22.9. The van der Waals surface area contributed by atoms with Crippen LogP contribution in [0, 0.1) is 22.7 Å². The molecule has 0 N–H and O–H groups in total. The van der Waals surface area contributed by atoms with Crippen molar-refractivity contribution in [1.82, 2.24) is 27.4 Å². The summed E-state index contributed by atoms with van der Waals surface area (Å²) in [6.45, 7) is 0. The molecule has 0 aliphatic rings. The molecule has 19 rings (SSSR count). The molecular weight excluding hydrogens is 1070 g/mol. The van der Waals surface area contributed by atoms with Crippen LogP contribution in [0.3, 0.4) is 0 Å². The van der Waals surface area contributed by atoms with Gasteiger partial charge in [-0.15, -0.1) is 0 Å². The first-order valence-corrected chi connectivity index (χ1v) is 29.7. The van der Waals surface area contributed by atoms with Gasteiger partial charge < -0.3 is 27.4 Å². The average molecular weight is 1120 g/mol. The highest BCUT2D eigenvalue weighted by Crippen LogP contribution is 2.51. The summed E-state index contributed by atoms with van der Waals surface area (Å²) in [6, 6.07) is 105. The first kappa shape index (κ1) is 48.1. The van der Waals surface area contributed by atoms with Gasteiger partial charge in [0, 0.05) is 76.0 Å². The third-order valence-corrected chi connectivity index (χ3v) is 18.6. The first-order chi connectivity index (χ1) is 43.7. The summed E-state index contributed by atoms with van der Waals surface area (Å²) in [6.07, 6.45) is 0. The van der Waals surface area contributed by atoms with Gasteiger partial charge in [-0.25, -0.2) is 0 Å². The Hall–Kier alpha value is -12.4. The molecule has 0 amide bonds. The van der Waals surface area contributed by atoms with E-state index in [1.165, 1.54) is 0 Å². The Labute approximate surface area is 502 Å². The summed E-state index contributed by atoms with van der Waals surface area (Å²) in [4.78, 5) is 0. The van der Waals surface area contributed by atoms with E-state index in [1.807, 2.05) is 0 Å². The zero-order valence-corrected chi connectivity index (χ0v) is 47.1. The summed E-state index contributed by atoms with van der Waals surface area (Å²) in [7, 11) is 0. The smallest absolute Gasteiger partial charge is 0.104 e. The molecule has 0 bridgehead atoms. The van der Waals surface area contributed by atoms with Gasteiger partial charge in [-0.3, -0.25) is 0 Å². The van der Waals surface area contributed by atoms with Crippen molar-refractivity contribution in [2.45, 2.75) is 0 Å². The Morgan fingerprint density at radius 2 is 0.443 bits per heavy atom. The summed E-state index contributed by atoms with van der Waals surface area (Å²) in [5.41, 5.74) is 16.8. The molecule has 0 saturated carbocycles. The van der Waals surface area contributed by atoms with Gasteiger partial charge in [0.1, 0.15) is 23.3 Å². The van der Waals surface area contributed by atoms with Crippen molar-refractivity contribution in [1.29, 1.82) is 10.5 Å². The molecule has 13 aromatic carbocycles. The van der Waals surface area contributed by atoms with Gasteiger partial charge in [-0.1, -0.05) is 194 Å². The van der Waals surface area contributed by atoms with Gasteiger partial charge in [-0.2, -0.15) is 10.5 Å². The highest BCUT2D eigenvalue weighted by molar-refractivity contribution is 6.28. The molecule has 19 aromatic rings. The van der Waals surface area contributed by atoms with Gasteiger partial charge in [0.15, 0.2) is 0 Å². The second-order valence-corrected chi connectivity index (χ2v) is 22.9. The Bertz CT molecular complexity index is 6060. The van der Waals surface area contributed by atoms with Crippen LogP contribution in [0.15, 0.2) is 279 Å². The highest BCUT2D eigenvalue weighted by Gasteiger charge is 2.36. The maximum atomic E-state index is 13.0. The van der Waals surface area contributed by atoms with Gasteiger partial charge in [0.2, 0.25) is 0 Å². The number of benzene rings is 13. The van der Waals surface area contributed by atoms with Crippen LogP contribution in [0.25, 0.3) is 165 Å². The Morgan fingerprint density at radius 3 is 0.773 bits per heavy atom. The largest absolute Gasteiger partial charge is 0.309 e. The lowest BCUT2D eigenvalue weighted by Gasteiger charge is -2.27. The fourth-order valence-corrected chi connectivity index (χ4v) is 15.3. The van der Waals surface area contributed by atoms with Crippen molar-refractivity contribution < 1.29 is 0 Å². The number of fused-ring (bicyclic) bond motifs is 20. The predicted octanol–water partition coefficient (Wildman–Crippen LogP) is 20.0. The zero-order chi connectivity index (χ0) is 57.9. The normalized spacial score (nSPS) is 12.1. The van der Waals surface area contributed by atoms with Gasteiger partial charge >= 0.3 is 0 Å². The Morgan fingerprint density at radius 1 is 0.193 bits per heavy atom. The van der Waals surface area contributed by atoms with E-state index in [0.717, 1.165) is 142 Å². The maximum Gasteiger partial charge on any atom is 0.104 e. The van der Waals surface area contributed by atoms with E-state index >= 15 is 0 Å². The number of rotatable bonds is 6. The molecule has 0 radical (unpaired) electrons. The minimum Gasteiger partial charge on any atom is -0.309 e. The quantitative estimate of drug-likeness (QED) is 0.166. The van der Waals surface area contributed by atoms with E-state index in [1.54, 1.807) is 0 Å². The molecule has 0 fully saturated rings. The number of aromatic nitrogens is 6. The van der Waals surface area contributed by atoms with Crippen molar-refractivity contribution in [3.05, 3.63) is 290 Å². The number of para-hydroxylation sites is 10. The Kier molecular flexibility index (Phi) is 9.87. The van der Waals surface area contributed by atoms with Crippen molar-refractivity contribution in [2.75, 3.05) is 0 Å². The summed E-state index contributed by atoms with van der Waals surface area (Å²) >= 11 is 0. The third-order valence-electron chi connectivity index (χ3n) is 18.6. The lowest BCUT2D eigenvalue weighted by molar-refractivity contribution is 1.02. The van der Waals surface area contributed by atoms with E-state index in [4.69, 9.17) is 0 Å². The molecule has 0 aliphatic carbocycles. The molecule has 0 aliphatic heterocycles. The summed E-state index contributed by atoms with van der Waals surface area (Å²) in [5, 5.41) is 38.7. The highest BCUT2D eigenvalue weighted by atomic mass is 15.1. The van der Waals surface area contributed by atoms with Crippen LogP contribution in [0.4, 0.5) is 0 Å². The van der Waals surface area contributed by atoms with Crippen LogP contribution >= 0.6 is 0 Å². The van der Waals surface area contributed by atoms with Crippen molar-refractivity contribution in [3.8, 4) is 46.3 Å². The molecule has 6 heterocycles. The standard InChI is InChI=1S/C80H46N8/c81-47-61-75(87-69-41-21-13-33-59(69)73-71(87)45-43-57-55-31-11-15-35-63(55)83(76(57)73)49-23-3-1-4-24-49)62(48-82)79(86-67-39-19-9-29-53(67)54-30-10-20-40-68(54)86)80(78(61)85-65-37-17-7-27-51(65)52-28-8-18-38-66(52)85)88-70-42-22-14-34-60(70)74-72(88)46-44-58-56-32-12-16-36-64(56)84(77(58)74)50-25-5-2-6-26-50/h1-46H. The molecule has 6 aromatic heterocycles. The van der Waals surface area contributed by atoms with E-state index in [2.05, 4.69) is 319 Å². The number of hydrogen-bond donors (Lipinski definition) is 0. The Balaban J connectivity index is 1.10. The minimum atomic E-state index is 0.347. The predicted molar refractivity (Wildman–Crippen MR) is 362 cm³/mol. The van der Waals surface area contributed by atoms with Crippen molar-refractivity contribution in [3.63, 3.8) is 0 Å². The second kappa shape index (κ2) is 18.1. The lowest BCUT2D eigenvalue weighted by Crippen LogP contribution is -2.17. The number of hydrogen-bond acceptors (Lipinski definition) is 2. The molecule has 8 heteroatoms. The number of nitriles is 2. The summed E-state index contributed by atoms with van der Waals surface area (Å²) in [5.74, 6) is 0. The van der Waals surface area contributed by atoms with Crippen molar-refractivity contribution in [2.24, 2.45) is 0 Å². The van der Waals surface area contributed by atoms with E-state index < -0.39 is 0 Å².